The summed E-state index contributed by atoms with van der Waals surface area (Å²) in [5, 5.41) is 0. The van der Waals surface area contributed by atoms with Gasteiger partial charge in [-0.2, -0.15) is 0 Å². The van der Waals surface area contributed by atoms with Gasteiger partial charge < -0.3 is 9.47 Å². The Hall–Kier alpha value is -0.510. The van der Waals surface area contributed by atoms with Crippen molar-refractivity contribution in [2.75, 3.05) is 18.5 Å². The van der Waals surface area contributed by atoms with Crippen LogP contribution in [-0.2, 0) is 7.05 Å². The number of hydrogen-bond donors (Lipinski definition) is 0. The van der Waals surface area contributed by atoms with Crippen molar-refractivity contribution >= 4 is 21.9 Å². The lowest BCUT2D eigenvalue weighted by molar-refractivity contribution is 0.793. The number of halogens is 1. The SMILES string of the molecule is CC(Br)CN(C)c1nccn1C. The molecule has 0 aliphatic rings. The van der Waals surface area contributed by atoms with E-state index in [1.165, 1.54) is 0 Å². The Bertz CT molecular complexity index is 244. The first-order chi connectivity index (χ1) is 5.61. The predicted molar refractivity (Wildman–Crippen MR) is 54.9 cm³/mol. The number of nitrogens with zero attached hydrogens (tertiary/aromatic N) is 3. The third-order valence-electron chi connectivity index (χ3n) is 1.66. The molecule has 1 atom stereocenters. The smallest absolute Gasteiger partial charge is 0.204 e. The monoisotopic (exact) mass is 231 g/mol. The third-order valence-corrected chi connectivity index (χ3v) is 1.95. The molecule has 4 heteroatoms. The van der Waals surface area contributed by atoms with Crippen LogP contribution >= 0.6 is 15.9 Å². The largest absolute Gasteiger partial charge is 0.344 e. The third kappa shape index (κ3) is 2.24. The summed E-state index contributed by atoms with van der Waals surface area (Å²) in [5.41, 5.74) is 0. The maximum absolute atomic E-state index is 4.24. The van der Waals surface area contributed by atoms with Crippen molar-refractivity contribution in [1.82, 2.24) is 9.55 Å². The molecule has 1 aromatic rings. The first-order valence-electron chi connectivity index (χ1n) is 3.94. The Balaban J connectivity index is 2.65. The van der Waals surface area contributed by atoms with E-state index in [1.807, 2.05) is 31.1 Å². The highest BCUT2D eigenvalue weighted by Gasteiger charge is 2.07. The lowest BCUT2D eigenvalue weighted by Crippen LogP contribution is -2.26. The van der Waals surface area contributed by atoms with E-state index < -0.39 is 0 Å². The molecule has 3 nitrogen and oxygen atoms in total. The molecule has 1 unspecified atom stereocenters. The molecule has 0 fully saturated rings. The fourth-order valence-corrected chi connectivity index (χ4v) is 1.62. The maximum Gasteiger partial charge on any atom is 0.204 e. The van der Waals surface area contributed by atoms with Crippen LogP contribution < -0.4 is 4.90 Å². The van der Waals surface area contributed by atoms with Gasteiger partial charge in [0.15, 0.2) is 0 Å². The lowest BCUT2D eigenvalue weighted by atomic mass is 10.4. The van der Waals surface area contributed by atoms with Crippen LogP contribution in [0, 0.1) is 0 Å². The van der Waals surface area contributed by atoms with Gasteiger partial charge >= 0.3 is 0 Å². The minimum Gasteiger partial charge on any atom is -0.344 e. The van der Waals surface area contributed by atoms with E-state index in [0.29, 0.717) is 4.83 Å². The average Bonchev–Trinajstić information content (AvgIpc) is 2.33. The number of imidazole rings is 1. The molecule has 1 aromatic heterocycles. The van der Waals surface area contributed by atoms with E-state index in [9.17, 15) is 0 Å². The van der Waals surface area contributed by atoms with Crippen LogP contribution in [0.2, 0.25) is 0 Å². The number of alkyl halides is 1. The fraction of sp³-hybridized carbons (Fsp3) is 0.625. The number of rotatable bonds is 3. The Morgan fingerprint density at radius 3 is 2.83 bits per heavy atom. The van der Waals surface area contributed by atoms with Gasteiger partial charge in [0, 0.05) is 37.9 Å². The summed E-state index contributed by atoms with van der Waals surface area (Å²) in [4.78, 5) is 6.85. The van der Waals surface area contributed by atoms with Gasteiger partial charge in [0.1, 0.15) is 0 Å². The van der Waals surface area contributed by atoms with Crippen molar-refractivity contribution in [1.29, 1.82) is 0 Å². The van der Waals surface area contributed by atoms with Gasteiger partial charge in [0.2, 0.25) is 5.95 Å². The van der Waals surface area contributed by atoms with Crippen LogP contribution in [0.15, 0.2) is 12.4 Å². The zero-order valence-electron chi connectivity index (χ0n) is 7.66. The van der Waals surface area contributed by atoms with E-state index in [-0.39, 0.29) is 0 Å². The maximum atomic E-state index is 4.24. The van der Waals surface area contributed by atoms with Gasteiger partial charge in [-0.3, -0.25) is 0 Å². The Morgan fingerprint density at radius 1 is 1.75 bits per heavy atom. The standard InChI is InChI=1S/C8H14BrN3/c1-7(9)6-12(3)8-10-4-5-11(8)2/h4-5,7H,6H2,1-3H3. The molecule has 68 valence electrons. The van der Waals surface area contributed by atoms with Crippen LogP contribution in [0.5, 0.6) is 0 Å². The van der Waals surface area contributed by atoms with Crippen molar-refractivity contribution in [3.05, 3.63) is 12.4 Å². The van der Waals surface area contributed by atoms with Gasteiger partial charge in [0.05, 0.1) is 0 Å². The predicted octanol–water partition coefficient (Wildman–Crippen LogP) is 1.64. The molecular weight excluding hydrogens is 218 g/mol. The van der Waals surface area contributed by atoms with E-state index in [4.69, 9.17) is 0 Å². The number of aromatic nitrogens is 2. The van der Waals surface area contributed by atoms with Crippen LogP contribution in [0.4, 0.5) is 5.95 Å². The Morgan fingerprint density at radius 2 is 2.42 bits per heavy atom. The highest BCUT2D eigenvalue weighted by molar-refractivity contribution is 9.09. The van der Waals surface area contributed by atoms with Gasteiger partial charge in [-0.05, 0) is 0 Å². The van der Waals surface area contributed by atoms with Crippen LogP contribution in [0.3, 0.4) is 0 Å². The summed E-state index contributed by atoms with van der Waals surface area (Å²) in [5.74, 6) is 1.00. The normalized spacial score (nSPS) is 13.0. The van der Waals surface area contributed by atoms with Crippen LogP contribution in [0.25, 0.3) is 0 Å². The molecule has 12 heavy (non-hydrogen) atoms. The van der Waals surface area contributed by atoms with E-state index in [0.717, 1.165) is 12.5 Å². The molecule has 0 saturated heterocycles. The highest BCUT2D eigenvalue weighted by atomic mass is 79.9. The molecule has 0 saturated carbocycles. The second-order valence-corrected chi connectivity index (χ2v) is 4.56. The summed E-state index contributed by atoms with van der Waals surface area (Å²) in [6, 6.07) is 0. The van der Waals surface area contributed by atoms with Gasteiger partial charge in [-0.25, -0.2) is 4.98 Å². The molecule has 0 bridgehead atoms. The Labute approximate surface area is 81.5 Å². The van der Waals surface area contributed by atoms with E-state index >= 15 is 0 Å². The Kier molecular flexibility index (Phi) is 3.14. The van der Waals surface area contributed by atoms with Crippen molar-refractivity contribution in [2.45, 2.75) is 11.8 Å². The minimum absolute atomic E-state index is 0.485. The molecule has 0 aliphatic carbocycles. The summed E-state index contributed by atoms with van der Waals surface area (Å²) in [6.45, 7) is 3.09. The summed E-state index contributed by atoms with van der Waals surface area (Å²) in [7, 11) is 4.04. The topological polar surface area (TPSA) is 21.1 Å². The van der Waals surface area contributed by atoms with Crippen LogP contribution in [-0.4, -0.2) is 28.0 Å². The van der Waals surface area contributed by atoms with E-state index in [2.05, 4.69) is 32.7 Å². The highest BCUT2D eigenvalue weighted by Crippen LogP contribution is 2.09. The molecule has 0 radical (unpaired) electrons. The average molecular weight is 232 g/mol. The lowest BCUT2D eigenvalue weighted by Gasteiger charge is -2.19. The quantitative estimate of drug-likeness (QED) is 0.738. The van der Waals surface area contributed by atoms with E-state index in [1.54, 1.807) is 0 Å². The zero-order chi connectivity index (χ0) is 9.14. The zero-order valence-corrected chi connectivity index (χ0v) is 9.24. The molecule has 0 aromatic carbocycles. The fourth-order valence-electron chi connectivity index (χ4n) is 1.18. The van der Waals surface area contributed by atoms with Crippen molar-refractivity contribution in [3.63, 3.8) is 0 Å². The van der Waals surface area contributed by atoms with Gasteiger partial charge in [0.25, 0.3) is 0 Å². The second kappa shape index (κ2) is 3.94. The molecule has 0 aliphatic heterocycles. The number of aryl methyl sites for hydroxylation is 1. The van der Waals surface area contributed by atoms with Gasteiger partial charge in [-0.1, -0.05) is 22.9 Å². The van der Waals surface area contributed by atoms with Crippen molar-refractivity contribution in [3.8, 4) is 0 Å². The molecule has 0 spiro atoms. The summed E-state index contributed by atoms with van der Waals surface area (Å²) in [6.07, 6.45) is 3.76. The molecule has 0 N–H and O–H groups in total. The van der Waals surface area contributed by atoms with Crippen molar-refractivity contribution in [2.24, 2.45) is 7.05 Å². The summed E-state index contributed by atoms with van der Waals surface area (Å²) < 4.78 is 2.01. The summed E-state index contributed by atoms with van der Waals surface area (Å²) >= 11 is 3.51. The molecule has 1 rings (SSSR count). The number of hydrogen-bond acceptors (Lipinski definition) is 2. The number of anilines is 1. The minimum atomic E-state index is 0.485. The van der Waals surface area contributed by atoms with Crippen molar-refractivity contribution < 1.29 is 0 Å². The first kappa shape index (κ1) is 9.58. The molecule has 0 amide bonds. The second-order valence-electron chi connectivity index (χ2n) is 3.00. The molecule has 1 heterocycles. The first-order valence-corrected chi connectivity index (χ1v) is 4.85. The molecular formula is C8H14BrN3. The van der Waals surface area contributed by atoms with Crippen LogP contribution in [0.1, 0.15) is 6.92 Å². The van der Waals surface area contributed by atoms with Gasteiger partial charge in [-0.15, -0.1) is 0 Å².